The van der Waals surface area contributed by atoms with E-state index in [-0.39, 0.29) is 17.1 Å². The fourth-order valence-corrected chi connectivity index (χ4v) is 3.34. The van der Waals surface area contributed by atoms with Gasteiger partial charge in [-0.1, -0.05) is 43.5 Å². The Morgan fingerprint density at radius 3 is 2.59 bits per heavy atom. The van der Waals surface area contributed by atoms with Crippen LogP contribution < -0.4 is 16.6 Å². The fraction of sp³-hybridized carbons (Fsp3) is 0.286. The van der Waals surface area contributed by atoms with Crippen LogP contribution in [0.1, 0.15) is 26.2 Å². The lowest BCUT2D eigenvalue weighted by molar-refractivity contribution is -0.116. The molecule has 0 aliphatic heterocycles. The van der Waals surface area contributed by atoms with Gasteiger partial charge in [0.25, 0.3) is 5.56 Å². The number of carbonyl (C=O) groups excluding carboxylic acids is 1. The van der Waals surface area contributed by atoms with Crippen molar-refractivity contribution in [3.63, 3.8) is 0 Å². The van der Waals surface area contributed by atoms with Crippen LogP contribution >= 0.6 is 11.6 Å². The third-order valence-corrected chi connectivity index (χ3v) is 4.91. The summed E-state index contributed by atoms with van der Waals surface area (Å²) in [6.07, 6.45) is 2.55. The second-order valence-electron chi connectivity index (χ2n) is 6.73. The molecule has 3 aromatic rings. The van der Waals surface area contributed by atoms with Gasteiger partial charge in [0.2, 0.25) is 5.91 Å². The smallest absolute Gasteiger partial charge is 0.324 e. The molecule has 0 saturated carbocycles. The first-order valence-corrected chi connectivity index (χ1v) is 9.77. The zero-order valence-electron chi connectivity index (χ0n) is 16.0. The van der Waals surface area contributed by atoms with Gasteiger partial charge in [-0.05, 0) is 36.8 Å². The van der Waals surface area contributed by atoms with E-state index in [2.05, 4.69) is 5.32 Å². The molecule has 8 heteroatoms. The molecule has 0 unspecified atom stereocenters. The van der Waals surface area contributed by atoms with Gasteiger partial charge in [0.15, 0.2) is 0 Å². The van der Waals surface area contributed by atoms with E-state index in [1.54, 1.807) is 24.3 Å². The van der Waals surface area contributed by atoms with E-state index in [1.165, 1.54) is 21.3 Å². The van der Waals surface area contributed by atoms with Gasteiger partial charge in [0.1, 0.15) is 12.4 Å². The van der Waals surface area contributed by atoms with Crippen molar-refractivity contribution in [2.75, 3.05) is 5.32 Å². The molecule has 1 aromatic heterocycles. The SMILES string of the molecule is CCCCCn1c(=O)c2ccccc2n(CC(=O)Nc2ccc(F)c(Cl)c2)c1=O. The lowest BCUT2D eigenvalue weighted by Crippen LogP contribution is -2.41. The molecule has 0 fully saturated rings. The molecule has 0 radical (unpaired) electrons. The van der Waals surface area contributed by atoms with Crippen LogP contribution in [-0.4, -0.2) is 15.0 Å². The Hall–Kier alpha value is -2.93. The summed E-state index contributed by atoms with van der Waals surface area (Å²) in [7, 11) is 0. The van der Waals surface area contributed by atoms with E-state index in [0.29, 0.717) is 29.6 Å². The van der Waals surface area contributed by atoms with E-state index in [9.17, 15) is 18.8 Å². The third kappa shape index (κ3) is 4.56. The number of nitrogens with zero attached hydrogens (tertiary/aromatic N) is 2. The van der Waals surface area contributed by atoms with E-state index in [1.807, 2.05) is 6.92 Å². The largest absolute Gasteiger partial charge is 0.331 e. The summed E-state index contributed by atoms with van der Waals surface area (Å²) >= 11 is 5.74. The summed E-state index contributed by atoms with van der Waals surface area (Å²) in [5, 5.41) is 2.86. The van der Waals surface area contributed by atoms with Crippen molar-refractivity contribution >= 4 is 34.1 Å². The summed E-state index contributed by atoms with van der Waals surface area (Å²) < 4.78 is 15.8. The van der Waals surface area contributed by atoms with Crippen LogP contribution in [0.2, 0.25) is 5.02 Å². The number of amides is 1. The van der Waals surface area contributed by atoms with Gasteiger partial charge in [-0.3, -0.25) is 18.7 Å². The molecule has 0 bridgehead atoms. The Bertz CT molecular complexity index is 1170. The van der Waals surface area contributed by atoms with Crippen LogP contribution in [0.25, 0.3) is 10.9 Å². The summed E-state index contributed by atoms with van der Waals surface area (Å²) in [4.78, 5) is 38.2. The Morgan fingerprint density at radius 2 is 1.86 bits per heavy atom. The number of para-hydroxylation sites is 1. The monoisotopic (exact) mass is 417 g/mol. The molecule has 0 aliphatic carbocycles. The van der Waals surface area contributed by atoms with Crippen molar-refractivity contribution in [1.82, 2.24) is 9.13 Å². The highest BCUT2D eigenvalue weighted by atomic mass is 35.5. The van der Waals surface area contributed by atoms with Gasteiger partial charge in [-0.25, -0.2) is 9.18 Å². The number of fused-ring (bicyclic) bond motifs is 1. The van der Waals surface area contributed by atoms with Crippen molar-refractivity contribution in [3.8, 4) is 0 Å². The Kier molecular flexibility index (Phi) is 6.49. The predicted octanol–water partition coefficient (Wildman–Crippen LogP) is 3.78. The molecule has 152 valence electrons. The Labute approximate surface area is 171 Å². The number of hydrogen-bond acceptors (Lipinski definition) is 3. The Morgan fingerprint density at radius 1 is 1.10 bits per heavy atom. The second kappa shape index (κ2) is 9.05. The van der Waals surface area contributed by atoms with Crippen LogP contribution in [0.4, 0.5) is 10.1 Å². The number of anilines is 1. The first-order valence-electron chi connectivity index (χ1n) is 9.39. The van der Waals surface area contributed by atoms with Gasteiger partial charge in [-0.2, -0.15) is 0 Å². The molecular weight excluding hydrogens is 397 g/mol. The number of hydrogen-bond donors (Lipinski definition) is 1. The van der Waals surface area contributed by atoms with Gasteiger partial charge in [0, 0.05) is 12.2 Å². The number of unbranched alkanes of at least 4 members (excludes halogenated alkanes) is 2. The lowest BCUT2D eigenvalue weighted by Gasteiger charge is -2.14. The minimum atomic E-state index is -0.592. The molecule has 0 atom stereocenters. The highest BCUT2D eigenvalue weighted by molar-refractivity contribution is 6.31. The normalized spacial score (nSPS) is 11.0. The molecule has 6 nitrogen and oxygen atoms in total. The molecule has 0 spiro atoms. The van der Waals surface area contributed by atoms with Gasteiger partial charge < -0.3 is 5.32 Å². The number of benzene rings is 2. The van der Waals surface area contributed by atoms with Crippen molar-refractivity contribution in [1.29, 1.82) is 0 Å². The topological polar surface area (TPSA) is 73.1 Å². The molecule has 1 amide bonds. The zero-order valence-corrected chi connectivity index (χ0v) is 16.7. The maximum atomic E-state index is 13.3. The second-order valence-corrected chi connectivity index (χ2v) is 7.13. The summed E-state index contributed by atoms with van der Waals surface area (Å²) in [5.74, 6) is -1.08. The van der Waals surface area contributed by atoms with E-state index in [4.69, 9.17) is 11.6 Å². The van der Waals surface area contributed by atoms with Crippen LogP contribution in [0, 0.1) is 5.82 Å². The standard InChI is InChI=1S/C21H21ClFN3O3/c1-2-3-6-11-25-20(28)15-7-4-5-8-18(15)26(21(25)29)13-19(27)24-14-9-10-17(23)16(22)12-14/h4-5,7-10,12H,2-3,6,11,13H2,1H3,(H,24,27). The molecule has 0 saturated heterocycles. The Balaban J connectivity index is 1.96. The molecular formula is C21H21ClFN3O3. The maximum absolute atomic E-state index is 13.3. The molecule has 29 heavy (non-hydrogen) atoms. The molecule has 1 heterocycles. The molecule has 3 rings (SSSR count). The lowest BCUT2D eigenvalue weighted by atomic mass is 10.2. The average molecular weight is 418 g/mol. The zero-order chi connectivity index (χ0) is 21.0. The first kappa shape index (κ1) is 20.8. The van der Waals surface area contributed by atoms with Crippen molar-refractivity contribution < 1.29 is 9.18 Å². The van der Waals surface area contributed by atoms with Crippen molar-refractivity contribution in [2.45, 2.75) is 39.3 Å². The fourth-order valence-electron chi connectivity index (χ4n) is 3.16. The molecule has 0 aliphatic rings. The van der Waals surface area contributed by atoms with E-state index in [0.717, 1.165) is 18.9 Å². The van der Waals surface area contributed by atoms with Gasteiger partial charge in [-0.15, -0.1) is 0 Å². The third-order valence-electron chi connectivity index (χ3n) is 4.62. The van der Waals surface area contributed by atoms with Crippen molar-refractivity contribution in [3.05, 3.63) is 74.1 Å². The minimum Gasteiger partial charge on any atom is -0.324 e. The number of carbonyl (C=O) groups is 1. The van der Waals surface area contributed by atoms with E-state index < -0.39 is 17.4 Å². The van der Waals surface area contributed by atoms with Gasteiger partial charge in [0.05, 0.1) is 15.9 Å². The minimum absolute atomic E-state index is 0.116. The van der Waals surface area contributed by atoms with Gasteiger partial charge >= 0.3 is 5.69 Å². The first-order chi connectivity index (χ1) is 13.9. The number of rotatable bonds is 7. The number of aromatic nitrogens is 2. The van der Waals surface area contributed by atoms with Crippen LogP contribution in [0.15, 0.2) is 52.1 Å². The average Bonchev–Trinajstić information content (AvgIpc) is 2.70. The summed E-state index contributed by atoms with van der Waals surface area (Å²) in [5.41, 5.74) is -0.183. The highest BCUT2D eigenvalue weighted by Gasteiger charge is 2.15. The predicted molar refractivity (Wildman–Crippen MR) is 112 cm³/mol. The van der Waals surface area contributed by atoms with E-state index >= 15 is 0 Å². The quantitative estimate of drug-likeness (QED) is 0.594. The number of halogens is 2. The summed E-state index contributed by atoms with van der Waals surface area (Å²) in [6.45, 7) is 2.04. The summed E-state index contributed by atoms with van der Waals surface area (Å²) in [6, 6.07) is 10.5. The number of nitrogens with one attached hydrogen (secondary N) is 1. The van der Waals surface area contributed by atoms with Crippen molar-refractivity contribution in [2.24, 2.45) is 0 Å². The van der Waals surface area contributed by atoms with Crippen LogP contribution in [-0.2, 0) is 17.9 Å². The molecule has 1 N–H and O–H groups in total. The van der Waals surface area contributed by atoms with Crippen LogP contribution in [0.5, 0.6) is 0 Å². The van der Waals surface area contributed by atoms with Crippen LogP contribution in [0.3, 0.4) is 0 Å². The highest BCUT2D eigenvalue weighted by Crippen LogP contribution is 2.19. The molecule has 2 aromatic carbocycles. The maximum Gasteiger partial charge on any atom is 0.331 e.